The normalized spacial score (nSPS) is 10.6. The molecule has 1 aromatic heterocycles. The number of carbonyl (C=O) groups is 1. The Balaban J connectivity index is 1.66. The summed E-state index contributed by atoms with van der Waals surface area (Å²) in [7, 11) is 1.61. The molecule has 0 aliphatic rings. The van der Waals surface area contributed by atoms with Gasteiger partial charge in [-0.2, -0.15) is 5.10 Å². The van der Waals surface area contributed by atoms with Crippen LogP contribution in [0.2, 0.25) is 0 Å². The minimum absolute atomic E-state index is 0.213. The standard InChI is InChI=1S/C26H25N3O3/c1-3-32-21-13-9-10-19(16-21)17-27-26(30)23-18-29(20-11-5-4-6-12-20)28-25(23)22-14-7-8-15-24(22)31-2/h4-16,18H,3,17H2,1-2H3,(H,27,30). The molecule has 0 radical (unpaired) electrons. The summed E-state index contributed by atoms with van der Waals surface area (Å²) in [5, 5.41) is 7.74. The molecule has 6 heteroatoms. The molecular formula is C26H25N3O3. The van der Waals surface area contributed by atoms with Gasteiger partial charge in [-0.25, -0.2) is 4.68 Å². The number of hydrogen-bond acceptors (Lipinski definition) is 4. The Kier molecular flexibility index (Phi) is 6.51. The van der Waals surface area contributed by atoms with E-state index in [0.717, 1.165) is 22.6 Å². The van der Waals surface area contributed by atoms with Crippen molar-refractivity contribution in [3.63, 3.8) is 0 Å². The van der Waals surface area contributed by atoms with Crippen molar-refractivity contribution in [2.24, 2.45) is 0 Å². The molecule has 1 N–H and O–H groups in total. The molecule has 0 saturated carbocycles. The van der Waals surface area contributed by atoms with E-state index in [1.165, 1.54) is 0 Å². The number of aromatic nitrogens is 2. The molecule has 3 aromatic carbocycles. The summed E-state index contributed by atoms with van der Waals surface area (Å²) in [6.07, 6.45) is 1.75. The van der Waals surface area contributed by atoms with Crippen LogP contribution in [-0.4, -0.2) is 29.4 Å². The van der Waals surface area contributed by atoms with E-state index in [-0.39, 0.29) is 5.91 Å². The third-order valence-corrected chi connectivity index (χ3v) is 5.00. The molecule has 0 saturated heterocycles. The number of nitrogens with zero attached hydrogens (tertiary/aromatic N) is 2. The molecular weight excluding hydrogens is 402 g/mol. The molecule has 1 heterocycles. The topological polar surface area (TPSA) is 65.4 Å². The van der Waals surface area contributed by atoms with Crippen LogP contribution in [0.4, 0.5) is 0 Å². The molecule has 4 rings (SSSR count). The van der Waals surface area contributed by atoms with Crippen molar-refractivity contribution in [1.29, 1.82) is 0 Å². The van der Waals surface area contributed by atoms with Crippen LogP contribution in [0.5, 0.6) is 11.5 Å². The van der Waals surface area contributed by atoms with Gasteiger partial charge >= 0.3 is 0 Å². The van der Waals surface area contributed by atoms with E-state index in [4.69, 9.17) is 14.6 Å². The van der Waals surface area contributed by atoms with E-state index in [1.54, 1.807) is 18.0 Å². The molecule has 0 aliphatic heterocycles. The first-order chi connectivity index (χ1) is 15.7. The molecule has 0 spiro atoms. The van der Waals surface area contributed by atoms with Crippen molar-refractivity contribution in [2.45, 2.75) is 13.5 Å². The third kappa shape index (κ3) is 4.64. The van der Waals surface area contributed by atoms with Gasteiger partial charge in [-0.05, 0) is 48.9 Å². The summed E-state index contributed by atoms with van der Waals surface area (Å²) >= 11 is 0. The second kappa shape index (κ2) is 9.83. The maximum atomic E-state index is 13.2. The second-order valence-corrected chi connectivity index (χ2v) is 7.13. The van der Waals surface area contributed by atoms with Gasteiger partial charge in [0, 0.05) is 18.3 Å². The fraction of sp³-hybridized carbons (Fsp3) is 0.154. The predicted molar refractivity (Wildman–Crippen MR) is 124 cm³/mol. The van der Waals surface area contributed by atoms with E-state index >= 15 is 0 Å². The Hall–Kier alpha value is -4.06. The molecule has 162 valence electrons. The maximum absolute atomic E-state index is 13.2. The lowest BCUT2D eigenvalue weighted by molar-refractivity contribution is 0.0951. The second-order valence-electron chi connectivity index (χ2n) is 7.13. The van der Waals surface area contributed by atoms with Crippen molar-refractivity contribution in [2.75, 3.05) is 13.7 Å². The molecule has 0 unspecified atom stereocenters. The summed E-state index contributed by atoms with van der Waals surface area (Å²) in [5.41, 5.74) is 3.62. The maximum Gasteiger partial charge on any atom is 0.255 e. The lowest BCUT2D eigenvalue weighted by Gasteiger charge is -2.09. The van der Waals surface area contributed by atoms with E-state index in [0.29, 0.717) is 30.2 Å². The highest BCUT2D eigenvalue weighted by Gasteiger charge is 2.21. The minimum atomic E-state index is -0.213. The number of amides is 1. The number of carbonyl (C=O) groups excluding carboxylic acids is 1. The summed E-state index contributed by atoms with van der Waals surface area (Å²) in [6.45, 7) is 2.91. The van der Waals surface area contributed by atoms with Crippen LogP contribution in [0.3, 0.4) is 0 Å². The lowest BCUT2D eigenvalue weighted by Crippen LogP contribution is -2.23. The molecule has 32 heavy (non-hydrogen) atoms. The average Bonchev–Trinajstić information content (AvgIpc) is 3.29. The summed E-state index contributed by atoms with van der Waals surface area (Å²) < 4.78 is 12.8. The van der Waals surface area contributed by atoms with Crippen LogP contribution >= 0.6 is 0 Å². The van der Waals surface area contributed by atoms with Crippen LogP contribution in [0.15, 0.2) is 85.1 Å². The van der Waals surface area contributed by atoms with Crippen molar-refractivity contribution in [1.82, 2.24) is 15.1 Å². The molecule has 0 atom stereocenters. The Morgan fingerprint density at radius 1 is 1.00 bits per heavy atom. The van der Waals surface area contributed by atoms with Gasteiger partial charge in [0.25, 0.3) is 5.91 Å². The van der Waals surface area contributed by atoms with Crippen molar-refractivity contribution >= 4 is 5.91 Å². The average molecular weight is 428 g/mol. The van der Waals surface area contributed by atoms with Gasteiger partial charge in [0.2, 0.25) is 0 Å². The fourth-order valence-electron chi connectivity index (χ4n) is 3.48. The monoisotopic (exact) mass is 427 g/mol. The van der Waals surface area contributed by atoms with Crippen LogP contribution in [0.25, 0.3) is 16.9 Å². The number of ether oxygens (including phenoxy) is 2. The minimum Gasteiger partial charge on any atom is -0.496 e. The van der Waals surface area contributed by atoms with Crippen LogP contribution in [0.1, 0.15) is 22.8 Å². The number of nitrogens with one attached hydrogen (secondary N) is 1. The molecule has 6 nitrogen and oxygen atoms in total. The Morgan fingerprint density at radius 3 is 2.56 bits per heavy atom. The highest BCUT2D eigenvalue weighted by molar-refractivity contribution is 6.00. The molecule has 1 amide bonds. The van der Waals surface area contributed by atoms with Gasteiger partial charge in [0.1, 0.15) is 17.2 Å². The van der Waals surface area contributed by atoms with Gasteiger partial charge in [0.05, 0.1) is 25.0 Å². The quantitative estimate of drug-likeness (QED) is 0.435. The SMILES string of the molecule is CCOc1cccc(CNC(=O)c2cn(-c3ccccc3)nc2-c2ccccc2OC)c1. The Labute approximate surface area is 187 Å². The zero-order chi connectivity index (χ0) is 22.3. The summed E-state index contributed by atoms with van der Waals surface area (Å²) in [6, 6.07) is 25.0. The number of rotatable bonds is 8. The number of benzene rings is 3. The van der Waals surface area contributed by atoms with Crippen molar-refractivity contribution < 1.29 is 14.3 Å². The van der Waals surface area contributed by atoms with E-state index in [9.17, 15) is 4.79 Å². The molecule has 4 aromatic rings. The van der Waals surface area contributed by atoms with Gasteiger partial charge < -0.3 is 14.8 Å². The third-order valence-electron chi connectivity index (χ3n) is 5.00. The zero-order valence-corrected chi connectivity index (χ0v) is 18.1. The fourth-order valence-corrected chi connectivity index (χ4v) is 3.48. The highest BCUT2D eigenvalue weighted by Crippen LogP contribution is 2.31. The van der Waals surface area contributed by atoms with E-state index in [2.05, 4.69) is 5.32 Å². The van der Waals surface area contributed by atoms with Crippen molar-refractivity contribution in [3.8, 4) is 28.4 Å². The number of hydrogen-bond donors (Lipinski definition) is 1. The van der Waals surface area contributed by atoms with Crippen LogP contribution in [0, 0.1) is 0 Å². The van der Waals surface area contributed by atoms with Crippen molar-refractivity contribution in [3.05, 3.63) is 96.2 Å². The van der Waals surface area contributed by atoms with Crippen LogP contribution in [-0.2, 0) is 6.54 Å². The smallest absolute Gasteiger partial charge is 0.255 e. The van der Waals surface area contributed by atoms with E-state index in [1.807, 2.05) is 85.8 Å². The number of methoxy groups -OCH3 is 1. The first-order valence-corrected chi connectivity index (χ1v) is 10.5. The Bertz CT molecular complexity index is 1200. The first kappa shape index (κ1) is 21.2. The predicted octanol–water partition coefficient (Wildman–Crippen LogP) is 4.88. The molecule has 0 aliphatic carbocycles. The van der Waals surface area contributed by atoms with Gasteiger partial charge in [-0.1, -0.05) is 42.5 Å². The van der Waals surface area contributed by atoms with E-state index < -0.39 is 0 Å². The summed E-state index contributed by atoms with van der Waals surface area (Å²) in [5.74, 6) is 1.23. The van der Waals surface area contributed by atoms with Crippen LogP contribution < -0.4 is 14.8 Å². The first-order valence-electron chi connectivity index (χ1n) is 10.5. The van der Waals surface area contributed by atoms with Gasteiger partial charge in [0.15, 0.2) is 0 Å². The lowest BCUT2D eigenvalue weighted by atomic mass is 10.1. The summed E-state index contributed by atoms with van der Waals surface area (Å²) in [4.78, 5) is 13.2. The molecule has 0 bridgehead atoms. The highest BCUT2D eigenvalue weighted by atomic mass is 16.5. The Morgan fingerprint density at radius 2 is 1.78 bits per heavy atom. The molecule has 0 fully saturated rings. The largest absolute Gasteiger partial charge is 0.496 e. The van der Waals surface area contributed by atoms with Gasteiger partial charge in [-0.3, -0.25) is 4.79 Å². The van der Waals surface area contributed by atoms with Gasteiger partial charge in [-0.15, -0.1) is 0 Å². The zero-order valence-electron chi connectivity index (χ0n) is 18.1. The number of para-hydroxylation sites is 2.